The van der Waals surface area contributed by atoms with E-state index in [1.165, 1.54) is 5.56 Å². The summed E-state index contributed by atoms with van der Waals surface area (Å²) in [5.74, 6) is 1.98. The lowest BCUT2D eigenvalue weighted by molar-refractivity contribution is 0.346. The second-order valence-corrected chi connectivity index (χ2v) is 4.75. The predicted octanol–water partition coefficient (Wildman–Crippen LogP) is 2.95. The molecule has 0 spiro atoms. The molecule has 0 aliphatic heterocycles. The molecule has 0 saturated heterocycles. The number of nitrogens with two attached hydrogens (primary N) is 1. The lowest BCUT2D eigenvalue weighted by Crippen LogP contribution is -2.15. The number of ether oxygens (including phenoxy) is 3. The van der Waals surface area contributed by atoms with Gasteiger partial charge in [0.1, 0.15) is 5.75 Å². The lowest BCUT2D eigenvalue weighted by atomic mass is 9.98. The van der Waals surface area contributed by atoms with Crippen LogP contribution in [0.5, 0.6) is 17.2 Å². The molecule has 0 saturated carbocycles. The summed E-state index contributed by atoms with van der Waals surface area (Å²) in [5.41, 5.74) is 8.43. The van der Waals surface area contributed by atoms with Crippen LogP contribution in [0, 0.1) is 0 Å². The molecular formula is C17H21NO3. The molecule has 2 aromatic carbocycles. The fraction of sp³-hybridized carbons (Fsp3) is 0.294. The quantitative estimate of drug-likeness (QED) is 0.887. The third kappa shape index (κ3) is 3.47. The van der Waals surface area contributed by atoms with Crippen molar-refractivity contribution in [2.75, 3.05) is 21.3 Å². The summed E-state index contributed by atoms with van der Waals surface area (Å²) >= 11 is 0. The van der Waals surface area contributed by atoms with Crippen LogP contribution in [0.25, 0.3) is 0 Å². The largest absolute Gasteiger partial charge is 0.496 e. The van der Waals surface area contributed by atoms with Crippen molar-refractivity contribution in [2.45, 2.75) is 12.5 Å². The van der Waals surface area contributed by atoms with E-state index in [9.17, 15) is 0 Å². The molecule has 0 heterocycles. The van der Waals surface area contributed by atoms with Gasteiger partial charge in [-0.2, -0.15) is 0 Å². The van der Waals surface area contributed by atoms with Crippen LogP contribution < -0.4 is 19.9 Å². The van der Waals surface area contributed by atoms with Crippen molar-refractivity contribution in [2.24, 2.45) is 5.73 Å². The van der Waals surface area contributed by atoms with Crippen molar-refractivity contribution in [1.82, 2.24) is 0 Å². The minimum atomic E-state index is -0.179. The highest BCUT2D eigenvalue weighted by molar-refractivity contribution is 5.52. The van der Waals surface area contributed by atoms with E-state index >= 15 is 0 Å². The van der Waals surface area contributed by atoms with Gasteiger partial charge in [-0.1, -0.05) is 30.3 Å². The fourth-order valence-electron chi connectivity index (χ4n) is 2.32. The number of rotatable bonds is 6. The third-order valence-electron chi connectivity index (χ3n) is 3.43. The van der Waals surface area contributed by atoms with Gasteiger partial charge in [0, 0.05) is 17.7 Å². The topological polar surface area (TPSA) is 53.7 Å². The average Bonchev–Trinajstić information content (AvgIpc) is 2.54. The molecule has 1 atom stereocenters. The van der Waals surface area contributed by atoms with Gasteiger partial charge in [-0.15, -0.1) is 0 Å². The normalized spacial score (nSPS) is 11.8. The molecule has 0 fully saturated rings. The summed E-state index contributed by atoms with van der Waals surface area (Å²) in [6, 6.07) is 13.6. The number of hydrogen-bond acceptors (Lipinski definition) is 4. The zero-order chi connectivity index (χ0) is 15.2. The summed E-state index contributed by atoms with van der Waals surface area (Å²) < 4.78 is 16.1. The molecule has 0 radical (unpaired) electrons. The molecule has 4 nitrogen and oxygen atoms in total. The summed E-state index contributed by atoms with van der Waals surface area (Å²) in [7, 11) is 4.83. The SMILES string of the molecule is COc1cc(OC)c(C(N)Cc2ccccc2)cc1OC. The van der Waals surface area contributed by atoms with Crippen LogP contribution in [0.15, 0.2) is 42.5 Å². The molecule has 21 heavy (non-hydrogen) atoms. The Morgan fingerprint density at radius 2 is 1.43 bits per heavy atom. The molecule has 2 N–H and O–H groups in total. The first-order valence-electron chi connectivity index (χ1n) is 6.79. The Morgan fingerprint density at radius 3 is 2.00 bits per heavy atom. The second-order valence-electron chi connectivity index (χ2n) is 4.75. The summed E-state index contributed by atoms with van der Waals surface area (Å²) in [5, 5.41) is 0. The van der Waals surface area contributed by atoms with Crippen molar-refractivity contribution in [3.05, 3.63) is 53.6 Å². The molecule has 4 heteroatoms. The van der Waals surface area contributed by atoms with Gasteiger partial charge in [0.2, 0.25) is 0 Å². The molecule has 2 rings (SSSR count). The van der Waals surface area contributed by atoms with E-state index in [1.807, 2.05) is 24.3 Å². The van der Waals surface area contributed by atoms with Crippen LogP contribution in [0.3, 0.4) is 0 Å². The molecule has 0 aliphatic carbocycles. The Balaban J connectivity index is 2.33. The summed E-state index contributed by atoms with van der Waals surface area (Å²) in [4.78, 5) is 0. The Labute approximate surface area is 125 Å². The maximum atomic E-state index is 6.34. The standard InChI is InChI=1S/C17H21NO3/c1-19-15-11-17(21-3)16(20-2)10-13(15)14(18)9-12-7-5-4-6-8-12/h4-8,10-11,14H,9,18H2,1-3H3. The van der Waals surface area contributed by atoms with Crippen molar-refractivity contribution >= 4 is 0 Å². The summed E-state index contributed by atoms with van der Waals surface area (Å²) in [6.45, 7) is 0. The lowest BCUT2D eigenvalue weighted by Gasteiger charge is -2.18. The minimum Gasteiger partial charge on any atom is -0.496 e. The molecule has 2 aromatic rings. The second kappa shape index (κ2) is 6.99. The first-order valence-corrected chi connectivity index (χ1v) is 6.79. The molecule has 1 unspecified atom stereocenters. The van der Waals surface area contributed by atoms with Gasteiger partial charge in [-0.3, -0.25) is 0 Å². The molecule has 0 aliphatic rings. The van der Waals surface area contributed by atoms with E-state index in [1.54, 1.807) is 27.4 Å². The van der Waals surface area contributed by atoms with E-state index in [0.29, 0.717) is 17.2 Å². The highest BCUT2D eigenvalue weighted by atomic mass is 16.5. The van der Waals surface area contributed by atoms with Crippen LogP contribution in [0.2, 0.25) is 0 Å². The highest BCUT2D eigenvalue weighted by Gasteiger charge is 2.17. The number of benzene rings is 2. The van der Waals surface area contributed by atoms with Gasteiger partial charge < -0.3 is 19.9 Å². The van der Waals surface area contributed by atoms with Crippen LogP contribution in [-0.4, -0.2) is 21.3 Å². The smallest absolute Gasteiger partial charge is 0.164 e. The van der Waals surface area contributed by atoms with Crippen LogP contribution in [0.4, 0.5) is 0 Å². The Morgan fingerprint density at radius 1 is 0.857 bits per heavy atom. The van der Waals surface area contributed by atoms with Gasteiger partial charge in [0.25, 0.3) is 0 Å². The first-order chi connectivity index (χ1) is 10.2. The van der Waals surface area contributed by atoms with E-state index in [2.05, 4.69) is 12.1 Å². The van der Waals surface area contributed by atoms with Gasteiger partial charge >= 0.3 is 0 Å². The third-order valence-corrected chi connectivity index (χ3v) is 3.43. The van der Waals surface area contributed by atoms with E-state index in [0.717, 1.165) is 12.0 Å². The fourth-order valence-corrected chi connectivity index (χ4v) is 2.32. The Kier molecular flexibility index (Phi) is 5.06. The monoisotopic (exact) mass is 287 g/mol. The molecule has 0 bridgehead atoms. The predicted molar refractivity (Wildman–Crippen MR) is 83.2 cm³/mol. The first kappa shape index (κ1) is 15.2. The highest BCUT2D eigenvalue weighted by Crippen LogP contribution is 2.37. The maximum Gasteiger partial charge on any atom is 0.164 e. The van der Waals surface area contributed by atoms with Gasteiger partial charge in [-0.05, 0) is 18.1 Å². The van der Waals surface area contributed by atoms with Crippen molar-refractivity contribution in [3.8, 4) is 17.2 Å². The minimum absolute atomic E-state index is 0.179. The van der Waals surface area contributed by atoms with Crippen molar-refractivity contribution < 1.29 is 14.2 Å². The van der Waals surface area contributed by atoms with Gasteiger partial charge in [0.05, 0.1) is 21.3 Å². The molecule has 0 amide bonds. The average molecular weight is 287 g/mol. The van der Waals surface area contributed by atoms with Gasteiger partial charge in [0.15, 0.2) is 11.5 Å². The zero-order valence-electron chi connectivity index (χ0n) is 12.6. The number of methoxy groups -OCH3 is 3. The van der Waals surface area contributed by atoms with E-state index < -0.39 is 0 Å². The molecular weight excluding hydrogens is 266 g/mol. The summed E-state index contributed by atoms with van der Waals surface area (Å²) in [6.07, 6.45) is 0.729. The Bertz CT molecular complexity index is 584. The van der Waals surface area contributed by atoms with Crippen LogP contribution in [-0.2, 0) is 6.42 Å². The van der Waals surface area contributed by atoms with Gasteiger partial charge in [-0.25, -0.2) is 0 Å². The van der Waals surface area contributed by atoms with Crippen LogP contribution >= 0.6 is 0 Å². The Hall–Kier alpha value is -2.20. The van der Waals surface area contributed by atoms with Crippen molar-refractivity contribution in [1.29, 1.82) is 0 Å². The molecule has 0 aromatic heterocycles. The van der Waals surface area contributed by atoms with Crippen molar-refractivity contribution in [3.63, 3.8) is 0 Å². The number of hydrogen-bond donors (Lipinski definition) is 1. The van der Waals surface area contributed by atoms with E-state index in [4.69, 9.17) is 19.9 Å². The van der Waals surface area contributed by atoms with Crippen LogP contribution in [0.1, 0.15) is 17.2 Å². The van der Waals surface area contributed by atoms with E-state index in [-0.39, 0.29) is 6.04 Å². The molecule has 112 valence electrons. The zero-order valence-corrected chi connectivity index (χ0v) is 12.6. The maximum absolute atomic E-state index is 6.34.